The van der Waals surface area contributed by atoms with Crippen LogP contribution in [0.25, 0.3) is 0 Å². The number of anilines is 4. The molecule has 176 valence electrons. The number of carboxylic acid groups (broad SMARTS) is 2. The molecule has 1 aliphatic heterocycles. The van der Waals surface area contributed by atoms with E-state index >= 15 is 0 Å². The largest absolute Gasteiger partial charge is 2.00 e. The number of nitrogens with two attached hydrogens (primary N) is 1. The van der Waals surface area contributed by atoms with Crippen LogP contribution in [0.2, 0.25) is 0 Å². The molecular weight excluding hydrogens is 474 g/mol. The average molecular weight is 501 g/mol. The van der Waals surface area contributed by atoms with Gasteiger partial charge in [-0.25, -0.2) is 0 Å². The van der Waals surface area contributed by atoms with Crippen molar-refractivity contribution in [3.8, 4) is 0 Å². The summed E-state index contributed by atoms with van der Waals surface area (Å²) in [4.78, 5) is 53.7. The summed E-state index contributed by atoms with van der Waals surface area (Å²) >= 11 is 0. The van der Waals surface area contributed by atoms with Crippen molar-refractivity contribution in [1.29, 1.82) is 0 Å². The molecule has 34 heavy (non-hydrogen) atoms. The Bertz CT molecular complexity index is 1210. The number of carbonyl (C=O) groups excluding carboxylic acids is 3. The summed E-state index contributed by atoms with van der Waals surface area (Å²) in [5.74, 6) is -3.91. The number of rotatable bonds is 9. The van der Waals surface area contributed by atoms with Crippen molar-refractivity contribution in [2.75, 3.05) is 41.3 Å². The molecule has 1 aromatic carbocycles. The molecule has 0 bridgehead atoms. The molecule has 1 aromatic heterocycles. The number of aliphatic carboxylic acids is 2. The Morgan fingerprint density at radius 2 is 2.03 bits per heavy atom. The number of amides is 1. The van der Waals surface area contributed by atoms with Gasteiger partial charge in [-0.1, -0.05) is 0 Å². The number of hydrogen-bond donors (Lipinski definition) is 5. The minimum atomic E-state index is -2.65. The number of hydrogen-bond acceptors (Lipinski definition) is 11. The maximum atomic E-state index is 12.4. The van der Waals surface area contributed by atoms with Gasteiger partial charge < -0.3 is 46.4 Å². The van der Waals surface area contributed by atoms with E-state index in [2.05, 4.69) is 25.9 Å². The third kappa shape index (κ3) is 6.74. The van der Waals surface area contributed by atoms with Gasteiger partial charge in [0, 0.05) is 41.4 Å². The van der Waals surface area contributed by atoms with Crippen LogP contribution in [-0.2, 0) is 9.59 Å². The number of H-pyrrole nitrogens is 1. The van der Waals surface area contributed by atoms with E-state index in [9.17, 15) is 29.4 Å². The van der Waals surface area contributed by atoms with Crippen LogP contribution in [-0.4, -0.2) is 97.7 Å². The zero-order chi connectivity index (χ0) is 26.6. The molecule has 0 spiro atoms. The second-order valence-corrected chi connectivity index (χ2v) is 7.27. The van der Waals surface area contributed by atoms with Gasteiger partial charge in [0.05, 0.1) is 18.1 Å². The van der Waals surface area contributed by atoms with Crippen molar-refractivity contribution >= 4 is 78.7 Å². The standard InChI is InChI=1S/C20H25N7O6.Ca/c1-27-12(9-23-16-15(27)18(31)26-20(21)25-16)8-22-11-4-2-10(3-5-11)17(30)24-13(19(32)33)6-7-14(28)29;/h2-5,12-13,22H,6-9H2,1H3,(H,24,30)(H,28,29)(H,32,33)(H4,21,23,25,26,31);/q;+2/p-2/t12-,13-;/m0./s1/i1D3;. The first kappa shape index (κ1) is 22.7. The first-order valence-corrected chi connectivity index (χ1v) is 9.85. The third-order valence-electron chi connectivity index (χ3n) is 4.94. The van der Waals surface area contributed by atoms with Gasteiger partial charge in [-0.2, -0.15) is 4.98 Å². The monoisotopic (exact) mass is 500 g/mol. The summed E-state index contributed by atoms with van der Waals surface area (Å²) in [6.07, 6.45) is -0.954. The molecule has 0 fully saturated rings. The topological polar surface area (TPSA) is 208 Å². The molecule has 13 nitrogen and oxygen atoms in total. The number of carboxylic acids is 2. The van der Waals surface area contributed by atoms with Crippen molar-refractivity contribution in [1.82, 2.24) is 15.3 Å². The summed E-state index contributed by atoms with van der Waals surface area (Å²) < 4.78 is 23.7. The number of nitrogens with one attached hydrogen (secondary N) is 4. The summed E-state index contributed by atoms with van der Waals surface area (Å²) in [6, 6.07) is 3.64. The Labute approximate surface area is 228 Å². The second-order valence-electron chi connectivity index (χ2n) is 7.27. The van der Waals surface area contributed by atoms with Crippen LogP contribution in [0.1, 0.15) is 27.3 Å². The number of aromatic nitrogens is 2. The van der Waals surface area contributed by atoms with Crippen LogP contribution in [0.4, 0.5) is 23.1 Å². The predicted octanol–water partition coefficient (Wildman–Crippen LogP) is -3.31. The van der Waals surface area contributed by atoms with Crippen LogP contribution >= 0.6 is 0 Å². The quantitative estimate of drug-likeness (QED) is 0.215. The predicted molar refractivity (Wildman–Crippen MR) is 121 cm³/mol. The van der Waals surface area contributed by atoms with Crippen molar-refractivity contribution in [2.24, 2.45) is 0 Å². The first-order chi connectivity index (χ1) is 16.9. The zero-order valence-electron chi connectivity index (χ0n) is 20.9. The maximum absolute atomic E-state index is 12.4. The van der Waals surface area contributed by atoms with Gasteiger partial charge in [0.1, 0.15) is 5.69 Å². The van der Waals surface area contributed by atoms with Gasteiger partial charge in [-0.15, -0.1) is 0 Å². The molecule has 3 rings (SSSR count). The molecule has 1 aliphatic rings. The normalized spacial score (nSPS) is 16.9. The van der Waals surface area contributed by atoms with E-state index in [-0.39, 0.29) is 80.3 Å². The number of carbonyl (C=O) groups is 3. The Balaban J connectivity index is 0.00000481. The van der Waals surface area contributed by atoms with Gasteiger partial charge in [0.2, 0.25) is 5.95 Å². The molecule has 14 heteroatoms. The minimum absolute atomic E-state index is 0. The molecule has 2 aromatic rings. The molecule has 0 aliphatic carbocycles. The number of fused-ring (bicyclic) bond motifs is 1. The summed E-state index contributed by atoms with van der Waals surface area (Å²) in [5.41, 5.74) is 5.31. The average Bonchev–Trinajstić information content (AvgIpc) is 2.79. The Morgan fingerprint density at radius 1 is 1.32 bits per heavy atom. The van der Waals surface area contributed by atoms with Crippen molar-refractivity contribution in [3.05, 3.63) is 40.2 Å². The van der Waals surface area contributed by atoms with E-state index in [4.69, 9.17) is 9.85 Å². The molecule has 1 amide bonds. The van der Waals surface area contributed by atoms with E-state index in [1.54, 1.807) is 0 Å². The van der Waals surface area contributed by atoms with Gasteiger partial charge in [0.25, 0.3) is 11.5 Å². The number of aromatic amines is 1. The fraction of sp³-hybridized carbons (Fsp3) is 0.350. The van der Waals surface area contributed by atoms with Crippen LogP contribution in [0.15, 0.2) is 29.1 Å². The smallest absolute Gasteiger partial charge is 0.550 e. The SMILES string of the molecule is [2H]C([2H])([2H])N1c2c(nc(N)[nH]c2=O)NC[C@@H]1CNc1ccc(C(=O)N[C@@H](CCC(=O)[O-])C(=O)[O-])cc1.[Ca+2]. The molecule has 6 N–H and O–H groups in total. The van der Waals surface area contributed by atoms with Crippen LogP contribution < -0.4 is 42.4 Å². The number of nitrogens with zero attached hydrogens (tertiary/aromatic N) is 2. The van der Waals surface area contributed by atoms with Gasteiger partial charge in [-0.05, 0) is 37.1 Å². The fourth-order valence-electron chi connectivity index (χ4n) is 3.21. The molecule has 0 saturated carbocycles. The Morgan fingerprint density at radius 3 is 2.65 bits per heavy atom. The van der Waals surface area contributed by atoms with Crippen molar-refractivity contribution in [3.63, 3.8) is 0 Å². The van der Waals surface area contributed by atoms with Gasteiger partial charge in [0.15, 0.2) is 5.82 Å². The molecule has 2 heterocycles. The van der Waals surface area contributed by atoms with Crippen LogP contribution in [0.3, 0.4) is 0 Å². The number of nitrogen functional groups attached to an aromatic ring is 1. The summed E-state index contributed by atoms with van der Waals surface area (Å²) in [5, 5.41) is 29.9. The first-order valence-electron chi connectivity index (χ1n) is 11.4. The van der Waals surface area contributed by atoms with Crippen molar-refractivity contribution < 1.29 is 28.7 Å². The molecule has 2 atom stereocenters. The molecule has 0 saturated heterocycles. The van der Waals surface area contributed by atoms with Crippen LogP contribution in [0.5, 0.6) is 0 Å². The Kier molecular flexibility index (Phi) is 7.96. The summed E-state index contributed by atoms with van der Waals surface area (Å²) in [6.45, 7) is -2.41. The maximum Gasteiger partial charge on any atom is 2.00 e. The second kappa shape index (κ2) is 11.9. The minimum Gasteiger partial charge on any atom is -0.550 e. The number of likely N-dealkylation sites (N-methyl/N-ethyl adjacent to an activating group) is 1. The van der Waals surface area contributed by atoms with Crippen molar-refractivity contribution in [2.45, 2.75) is 24.9 Å². The van der Waals surface area contributed by atoms with E-state index in [1.807, 2.05) is 0 Å². The van der Waals surface area contributed by atoms with Gasteiger partial charge in [-0.3, -0.25) is 14.6 Å². The van der Waals surface area contributed by atoms with Crippen LogP contribution in [0, 0.1) is 0 Å². The molecule has 0 unspecified atom stereocenters. The Hall–Kier alpha value is -3.03. The summed E-state index contributed by atoms with van der Waals surface area (Å²) in [7, 11) is 0. The molecule has 0 radical (unpaired) electrons. The van der Waals surface area contributed by atoms with Gasteiger partial charge >= 0.3 is 37.7 Å². The van der Waals surface area contributed by atoms with E-state index in [0.29, 0.717) is 5.69 Å². The number of benzene rings is 1. The zero-order valence-corrected chi connectivity index (χ0v) is 20.1. The van der Waals surface area contributed by atoms with E-state index in [0.717, 1.165) is 4.90 Å². The molecular formula is C20H23CaN7O6. The fourth-order valence-corrected chi connectivity index (χ4v) is 3.21. The third-order valence-corrected chi connectivity index (χ3v) is 4.94. The van der Waals surface area contributed by atoms with E-state index < -0.39 is 48.9 Å². The van der Waals surface area contributed by atoms with E-state index in [1.165, 1.54) is 24.3 Å².